The lowest BCUT2D eigenvalue weighted by Crippen LogP contribution is -2.07. The fraction of sp³-hybridized carbons (Fsp3) is 0.375. The first-order valence-corrected chi connectivity index (χ1v) is 8.73. The van der Waals surface area contributed by atoms with Crippen LogP contribution in [0.3, 0.4) is 0 Å². The quantitative estimate of drug-likeness (QED) is 0.785. The summed E-state index contributed by atoms with van der Waals surface area (Å²) in [5.74, 6) is 2.58. The van der Waals surface area contributed by atoms with Gasteiger partial charge in [-0.2, -0.15) is 0 Å². The zero-order valence-corrected chi connectivity index (χ0v) is 15.0. The van der Waals surface area contributed by atoms with Crippen LogP contribution in [0.4, 0.5) is 5.82 Å². The van der Waals surface area contributed by atoms with E-state index in [1.165, 1.54) is 10.5 Å². The van der Waals surface area contributed by atoms with E-state index in [0.29, 0.717) is 11.7 Å². The summed E-state index contributed by atoms with van der Waals surface area (Å²) in [7, 11) is 0. The summed E-state index contributed by atoms with van der Waals surface area (Å²) in [6, 6.07) is 8.47. The van der Waals surface area contributed by atoms with Crippen molar-refractivity contribution in [3.63, 3.8) is 0 Å². The standard InChI is InChI=1S/C16H20BrN3S/c1-10(2)8-13-15(17)16(18)20-14(19-13)9-21-12-6-4-11(3)5-7-12/h4-7,10H,8-9H2,1-3H3,(H2,18,19,20). The Morgan fingerprint density at radius 1 is 1.19 bits per heavy atom. The summed E-state index contributed by atoms with van der Waals surface area (Å²) in [5.41, 5.74) is 8.24. The van der Waals surface area contributed by atoms with Crippen LogP contribution in [0.2, 0.25) is 0 Å². The van der Waals surface area contributed by atoms with Crippen molar-refractivity contribution in [2.24, 2.45) is 5.92 Å². The molecule has 0 atom stereocenters. The normalized spacial score (nSPS) is 11.1. The molecule has 5 heteroatoms. The Bertz CT molecular complexity index is 612. The molecule has 0 aliphatic carbocycles. The van der Waals surface area contributed by atoms with Crippen molar-refractivity contribution in [2.75, 3.05) is 5.73 Å². The van der Waals surface area contributed by atoms with Crippen molar-refractivity contribution in [3.05, 3.63) is 45.8 Å². The molecule has 0 bridgehead atoms. The van der Waals surface area contributed by atoms with Crippen LogP contribution in [-0.4, -0.2) is 9.97 Å². The van der Waals surface area contributed by atoms with Crippen LogP contribution in [0.25, 0.3) is 0 Å². The number of halogens is 1. The molecule has 0 aliphatic rings. The third kappa shape index (κ3) is 4.71. The molecule has 0 fully saturated rings. The highest BCUT2D eigenvalue weighted by molar-refractivity contribution is 9.10. The molecule has 21 heavy (non-hydrogen) atoms. The SMILES string of the molecule is Cc1ccc(SCc2nc(N)c(Br)c(CC(C)C)n2)cc1. The molecule has 0 saturated carbocycles. The molecule has 112 valence electrons. The third-order valence-corrected chi connectivity index (χ3v) is 4.85. The minimum absolute atomic E-state index is 0.528. The maximum Gasteiger partial charge on any atom is 0.141 e. The van der Waals surface area contributed by atoms with Crippen molar-refractivity contribution < 1.29 is 0 Å². The van der Waals surface area contributed by atoms with Crippen LogP contribution < -0.4 is 5.73 Å². The van der Waals surface area contributed by atoms with E-state index in [4.69, 9.17) is 5.73 Å². The fourth-order valence-electron chi connectivity index (χ4n) is 1.93. The lowest BCUT2D eigenvalue weighted by Gasteiger charge is -2.10. The van der Waals surface area contributed by atoms with Gasteiger partial charge in [-0.1, -0.05) is 31.5 Å². The summed E-state index contributed by atoms with van der Waals surface area (Å²) >= 11 is 5.22. The number of anilines is 1. The Hall–Kier alpha value is -1.07. The van der Waals surface area contributed by atoms with E-state index in [9.17, 15) is 0 Å². The average Bonchev–Trinajstić information content (AvgIpc) is 2.43. The van der Waals surface area contributed by atoms with Gasteiger partial charge in [0.1, 0.15) is 11.6 Å². The lowest BCUT2D eigenvalue weighted by molar-refractivity contribution is 0.630. The van der Waals surface area contributed by atoms with Crippen LogP contribution >= 0.6 is 27.7 Å². The maximum absolute atomic E-state index is 5.98. The molecule has 1 aromatic carbocycles. The van der Waals surface area contributed by atoms with Crippen molar-refractivity contribution in [1.29, 1.82) is 0 Å². The highest BCUT2D eigenvalue weighted by atomic mass is 79.9. The molecule has 0 saturated heterocycles. The number of hydrogen-bond donors (Lipinski definition) is 1. The largest absolute Gasteiger partial charge is 0.383 e. The molecular formula is C16H20BrN3S. The van der Waals surface area contributed by atoms with Crippen molar-refractivity contribution in [3.8, 4) is 0 Å². The number of benzene rings is 1. The molecule has 2 rings (SSSR count). The molecule has 3 nitrogen and oxygen atoms in total. The predicted molar refractivity (Wildman–Crippen MR) is 93.4 cm³/mol. The Labute approximate surface area is 138 Å². The molecule has 0 aliphatic heterocycles. The van der Waals surface area contributed by atoms with Crippen LogP contribution in [0, 0.1) is 12.8 Å². The third-order valence-electron chi connectivity index (χ3n) is 2.98. The number of nitrogen functional groups attached to an aromatic ring is 1. The number of nitrogens with zero attached hydrogens (tertiary/aromatic N) is 2. The minimum atomic E-state index is 0.528. The first-order valence-electron chi connectivity index (χ1n) is 6.96. The van der Waals surface area contributed by atoms with Gasteiger partial charge in [-0.25, -0.2) is 9.97 Å². The molecule has 1 heterocycles. The lowest BCUT2D eigenvalue weighted by atomic mass is 10.1. The molecule has 0 amide bonds. The molecule has 0 unspecified atom stereocenters. The first-order chi connectivity index (χ1) is 9.95. The van der Waals surface area contributed by atoms with E-state index in [1.54, 1.807) is 11.8 Å². The molecule has 0 spiro atoms. The van der Waals surface area contributed by atoms with Gasteiger partial charge in [-0.3, -0.25) is 0 Å². The van der Waals surface area contributed by atoms with E-state index in [0.717, 1.165) is 28.2 Å². The van der Waals surface area contributed by atoms with Gasteiger partial charge >= 0.3 is 0 Å². The van der Waals surface area contributed by atoms with Crippen molar-refractivity contribution in [2.45, 2.75) is 37.8 Å². The summed E-state index contributed by atoms with van der Waals surface area (Å²) in [6.07, 6.45) is 0.898. The van der Waals surface area contributed by atoms with E-state index < -0.39 is 0 Å². The Morgan fingerprint density at radius 2 is 1.86 bits per heavy atom. The van der Waals surface area contributed by atoms with Gasteiger partial charge < -0.3 is 5.73 Å². The summed E-state index contributed by atoms with van der Waals surface area (Å²) in [4.78, 5) is 10.2. The first kappa shape index (κ1) is 16.3. The Kier molecular flexibility index (Phi) is 5.65. The van der Waals surface area contributed by atoms with Gasteiger partial charge in [-0.05, 0) is 47.3 Å². The second-order valence-corrected chi connectivity index (χ2v) is 7.33. The monoisotopic (exact) mass is 365 g/mol. The van der Waals surface area contributed by atoms with Gasteiger partial charge in [0.15, 0.2) is 0 Å². The van der Waals surface area contributed by atoms with Gasteiger partial charge in [0, 0.05) is 4.90 Å². The van der Waals surface area contributed by atoms with Gasteiger partial charge in [-0.15, -0.1) is 11.8 Å². The number of rotatable bonds is 5. The topological polar surface area (TPSA) is 51.8 Å². The highest BCUT2D eigenvalue weighted by Gasteiger charge is 2.11. The molecule has 2 N–H and O–H groups in total. The summed E-state index contributed by atoms with van der Waals surface area (Å²) in [6.45, 7) is 6.43. The van der Waals surface area contributed by atoms with Gasteiger partial charge in [0.2, 0.25) is 0 Å². The molecular weight excluding hydrogens is 346 g/mol. The zero-order valence-electron chi connectivity index (χ0n) is 12.6. The van der Waals surface area contributed by atoms with Crippen molar-refractivity contribution in [1.82, 2.24) is 9.97 Å². The van der Waals surface area contributed by atoms with Crippen LogP contribution in [-0.2, 0) is 12.2 Å². The number of aromatic nitrogens is 2. The number of nitrogens with two attached hydrogens (primary N) is 1. The van der Waals surface area contributed by atoms with Crippen LogP contribution in [0.5, 0.6) is 0 Å². The Morgan fingerprint density at radius 3 is 2.48 bits per heavy atom. The number of hydrogen-bond acceptors (Lipinski definition) is 4. The molecule has 0 radical (unpaired) electrons. The van der Waals surface area contributed by atoms with E-state index >= 15 is 0 Å². The summed E-state index contributed by atoms with van der Waals surface area (Å²) in [5, 5.41) is 0. The second kappa shape index (κ2) is 7.27. The Balaban J connectivity index is 2.12. The van der Waals surface area contributed by atoms with Crippen LogP contribution in [0.15, 0.2) is 33.6 Å². The van der Waals surface area contributed by atoms with E-state index in [1.807, 2.05) is 0 Å². The van der Waals surface area contributed by atoms with Gasteiger partial charge in [0.25, 0.3) is 0 Å². The smallest absolute Gasteiger partial charge is 0.141 e. The molecule has 1 aromatic heterocycles. The molecule has 2 aromatic rings. The minimum Gasteiger partial charge on any atom is -0.383 e. The highest BCUT2D eigenvalue weighted by Crippen LogP contribution is 2.26. The average molecular weight is 366 g/mol. The zero-order chi connectivity index (χ0) is 15.4. The number of aryl methyl sites for hydroxylation is 1. The van der Waals surface area contributed by atoms with Gasteiger partial charge in [0.05, 0.1) is 15.9 Å². The summed E-state index contributed by atoms with van der Waals surface area (Å²) < 4.78 is 0.834. The fourth-order valence-corrected chi connectivity index (χ4v) is 3.03. The van der Waals surface area contributed by atoms with E-state index in [-0.39, 0.29) is 0 Å². The maximum atomic E-state index is 5.98. The predicted octanol–water partition coefficient (Wildman–Crippen LogP) is 4.62. The van der Waals surface area contributed by atoms with E-state index in [2.05, 4.69) is 70.9 Å². The van der Waals surface area contributed by atoms with Crippen molar-refractivity contribution >= 4 is 33.5 Å². The number of thioether (sulfide) groups is 1. The van der Waals surface area contributed by atoms with Crippen LogP contribution in [0.1, 0.15) is 30.9 Å². The second-order valence-electron chi connectivity index (χ2n) is 5.49.